The minimum absolute atomic E-state index is 0.335. The van der Waals surface area contributed by atoms with Crippen LogP contribution >= 0.6 is 43.5 Å². The van der Waals surface area contributed by atoms with E-state index in [4.69, 9.17) is 16.3 Å². The zero-order valence-electron chi connectivity index (χ0n) is 12.4. The van der Waals surface area contributed by atoms with E-state index in [2.05, 4.69) is 49.0 Å². The van der Waals surface area contributed by atoms with Gasteiger partial charge in [0.25, 0.3) is 5.91 Å². The highest BCUT2D eigenvalue weighted by molar-refractivity contribution is 9.11. The van der Waals surface area contributed by atoms with E-state index in [1.807, 2.05) is 12.1 Å². The largest absolute Gasteiger partial charge is 0.487 e. The van der Waals surface area contributed by atoms with E-state index >= 15 is 0 Å². The van der Waals surface area contributed by atoms with E-state index < -0.39 is 0 Å². The van der Waals surface area contributed by atoms with Crippen molar-refractivity contribution in [3.05, 3.63) is 74.1 Å². The number of hydrogen-bond acceptors (Lipinski definition) is 3. The summed E-state index contributed by atoms with van der Waals surface area (Å²) < 4.78 is 7.08. The Balaban J connectivity index is 2.06. The van der Waals surface area contributed by atoms with Gasteiger partial charge < -0.3 is 4.74 Å². The summed E-state index contributed by atoms with van der Waals surface area (Å²) in [4.78, 5) is 12.0. The van der Waals surface area contributed by atoms with Crippen LogP contribution in [0.3, 0.4) is 0 Å². The minimum atomic E-state index is -0.335. The van der Waals surface area contributed by atoms with Crippen molar-refractivity contribution in [2.75, 3.05) is 6.61 Å². The molecule has 1 N–H and O–H groups in total. The normalized spacial score (nSPS) is 10.6. The predicted molar refractivity (Wildman–Crippen MR) is 104 cm³/mol. The van der Waals surface area contributed by atoms with Crippen LogP contribution in [0, 0.1) is 0 Å². The van der Waals surface area contributed by atoms with E-state index in [0.717, 1.165) is 14.5 Å². The lowest BCUT2D eigenvalue weighted by Crippen LogP contribution is -2.17. The molecule has 0 heterocycles. The number of carbonyl (C=O) groups is 1. The molecular formula is C17H13Br2ClN2O2. The van der Waals surface area contributed by atoms with Gasteiger partial charge in [0.15, 0.2) is 0 Å². The Labute approximate surface area is 161 Å². The second-order valence-electron chi connectivity index (χ2n) is 4.62. The molecule has 7 heteroatoms. The van der Waals surface area contributed by atoms with E-state index in [9.17, 15) is 4.79 Å². The molecule has 0 radical (unpaired) electrons. The van der Waals surface area contributed by atoms with Gasteiger partial charge in [-0.1, -0.05) is 30.3 Å². The van der Waals surface area contributed by atoms with Gasteiger partial charge in [0.05, 0.1) is 15.2 Å². The number of hydrazone groups is 1. The third-order valence-electron chi connectivity index (χ3n) is 2.83. The van der Waals surface area contributed by atoms with E-state index in [-0.39, 0.29) is 5.91 Å². The Morgan fingerprint density at radius 1 is 1.29 bits per heavy atom. The van der Waals surface area contributed by atoms with Crippen LogP contribution in [-0.4, -0.2) is 18.7 Å². The molecule has 24 heavy (non-hydrogen) atoms. The quantitative estimate of drug-likeness (QED) is 0.357. The van der Waals surface area contributed by atoms with Gasteiger partial charge in [0.1, 0.15) is 12.4 Å². The van der Waals surface area contributed by atoms with Crippen molar-refractivity contribution < 1.29 is 9.53 Å². The molecule has 0 saturated heterocycles. The summed E-state index contributed by atoms with van der Waals surface area (Å²) in [6.45, 7) is 4.02. The lowest BCUT2D eigenvalue weighted by atomic mass is 10.2. The van der Waals surface area contributed by atoms with Gasteiger partial charge in [-0.3, -0.25) is 4.79 Å². The molecule has 0 aromatic heterocycles. The van der Waals surface area contributed by atoms with Gasteiger partial charge in [0.2, 0.25) is 0 Å². The highest BCUT2D eigenvalue weighted by atomic mass is 79.9. The standard InChI is InChI=1S/C17H13Br2ClN2O2/c1-2-6-24-16-14(18)7-11(8-15(16)19)10-21-22-17(23)12-4-3-5-13(20)9-12/h2-5,7-10H,1,6H2,(H,22,23)/b21-10-. The fraction of sp³-hybridized carbons (Fsp3) is 0.0588. The van der Waals surface area contributed by atoms with Crippen LogP contribution in [0.2, 0.25) is 5.02 Å². The van der Waals surface area contributed by atoms with Gasteiger partial charge in [-0.25, -0.2) is 5.43 Å². The average Bonchev–Trinajstić information content (AvgIpc) is 2.54. The summed E-state index contributed by atoms with van der Waals surface area (Å²) in [7, 11) is 0. The number of nitrogens with zero attached hydrogens (tertiary/aromatic N) is 1. The van der Waals surface area contributed by atoms with E-state index in [1.165, 1.54) is 6.21 Å². The molecule has 0 unspecified atom stereocenters. The first kappa shape index (κ1) is 18.7. The summed E-state index contributed by atoms with van der Waals surface area (Å²) >= 11 is 12.7. The van der Waals surface area contributed by atoms with Crippen LogP contribution in [0.25, 0.3) is 0 Å². The smallest absolute Gasteiger partial charge is 0.271 e. The molecule has 2 rings (SSSR count). The highest BCUT2D eigenvalue weighted by Gasteiger charge is 2.08. The zero-order chi connectivity index (χ0) is 17.5. The highest BCUT2D eigenvalue weighted by Crippen LogP contribution is 2.34. The monoisotopic (exact) mass is 470 g/mol. The van der Waals surface area contributed by atoms with Gasteiger partial charge in [-0.15, -0.1) is 0 Å². The number of benzene rings is 2. The Morgan fingerprint density at radius 2 is 2.00 bits per heavy atom. The van der Waals surface area contributed by atoms with Gasteiger partial charge in [0, 0.05) is 10.6 Å². The number of ether oxygens (including phenoxy) is 1. The van der Waals surface area contributed by atoms with Crippen molar-refractivity contribution in [1.82, 2.24) is 5.43 Å². The summed E-state index contributed by atoms with van der Waals surface area (Å²) in [5, 5.41) is 4.45. The van der Waals surface area contributed by atoms with Crippen molar-refractivity contribution in [1.29, 1.82) is 0 Å². The molecule has 0 bridgehead atoms. The zero-order valence-corrected chi connectivity index (χ0v) is 16.4. The molecule has 0 aliphatic heterocycles. The van der Waals surface area contributed by atoms with Crippen molar-refractivity contribution >= 4 is 55.6 Å². The Morgan fingerprint density at radius 3 is 2.62 bits per heavy atom. The third-order valence-corrected chi connectivity index (χ3v) is 4.25. The second kappa shape index (κ2) is 9.01. The summed E-state index contributed by atoms with van der Waals surface area (Å²) in [5.41, 5.74) is 3.68. The lowest BCUT2D eigenvalue weighted by Gasteiger charge is -2.09. The lowest BCUT2D eigenvalue weighted by molar-refractivity contribution is 0.0955. The number of carbonyl (C=O) groups excluding carboxylic acids is 1. The average molecular weight is 473 g/mol. The van der Waals surface area contributed by atoms with Gasteiger partial charge in [-0.2, -0.15) is 5.10 Å². The first-order chi connectivity index (χ1) is 11.5. The molecule has 0 fully saturated rings. The maximum atomic E-state index is 12.0. The summed E-state index contributed by atoms with van der Waals surface area (Å²) in [6.07, 6.45) is 3.20. The second-order valence-corrected chi connectivity index (χ2v) is 6.77. The molecule has 0 atom stereocenters. The fourth-order valence-electron chi connectivity index (χ4n) is 1.79. The van der Waals surface area contributed by atoms with E-state index in [0.29, 0.717) is 22.9 Å². The molecular weight excluding hydrogens is 459 g/mol. The topological polar surface area (TPSA) is 50.7 Å². The molecule has 2 aromatic carbocycles. The van der Waals surface area contributed by atoms with Crippen LogP contribution in [-0.2, 0) is 0 Å². The minimum Gasteiger partial charge on any atom is -0.487 e. The summed E-state index contributed by atoms with van der Waals surface area (Å²) in [6, 6.07) is 10.3. The Hall–Kier alpha value is -1.63. The molecule has 4 nitrogen and oxygen atoms in total. The number of rotatable bonds is 6. The van der Waals surface area contributed by atoms with E-state index in [1.54, 1.807) is 30.3 Å². The summed E-state index contributed by atoms with van der Waals surface area (Å²) in [5.74, 6) is 0.341. The SMILES string of the molecule is C=CCOc1c(Br)cc(/C=N\NC(=O)c2cccc(Cl)c2)cc1Br. The molecule has 0 spiro atoms. The number of halogens is 3. The number of hydrogen-bond donors (Lipinski definition) is 1. The fourth-order valence-corrected chi connectivity index (χ4v) is 3.43. The van der Waals surface area contributed by atoms with Crippen LogP contribution in [0.1, 0.15) is 15.9 Å². The number of amides is 1. The van der Waals surface area contributed by atoms with Crippen LogP contribution in [0.15, 0.2) is 63.1 Å². The molecule has 0 saturated carbocycles. The maximum absolute atomic E-state index is 12.0. The van der Waals surface area contributed by atoms with Crippen molar-refractivity contribution in [2.45, 2.75) is 0 Å². The van der Waals surface area contributed by atoms with Gasteiger partial charge >= 0.3 is 0 Å². The molecule has 1 amide bonds. The van der Waals surface area contributed by atoms with Crippen LogP contribution < -0.4 is 10.2 Å². The van der Waals surface area contributed by atoms with Crippen LogP contribution in [0.4, 0.5) is 0 Å². The molecule has 124 valence electrons. The Kier molecular flexibility index (Phi) is 7.02. The molecule has 0 aliphatic rings. The van der Waals surface area contributed by atoms with Gasteiger partial charge in [-0.05, 0) is 67.8 Å². The van der Waals surface area contributed by atoms with Crippen molar-refractivity contribution in [2.24, 2.45) is 5.10 Å². The predicted octanol–water partition coefficient (Wildman–Crippen LogP) is 5.19. The first-order valence-electron chi connectivity index (χ1n) is 6.83. The third kappa shape index (κ3) is 5.19. The van der Waals surface area contributed by atoms with Crippen LogP contribution in [0.5, 0.6) is 5.75 Å². The maximum Gasteiger partial charge on any atom is 0.271 e. The Bertz CT molecular complexity index is 771. The molecule has 2 aromatic rings. The molecule has 0 aliphatic carbocycles. The first-order valence-corrected chi connectivity index (χ1v) is 8.79. The number of nitrogens with one attached hydrogen (secondary N) is 1. The van der Waals surface area contributed by atoms with Crippen molar-refractivity contribution in [3.63, 3.8) is 0 Å². The van der Waals surface area contributed by atoms with Crippen molar-refractivity contribution in [3.8, 4) is 5.75 Å².